The van der Waals surface area contributed by atoms with Gasteiger partial charge in [0, 0.05) is 17.6 Å². The molecule has 0 aromatic heterocycles. The van der Waals surface area contributed by atoms with Crippen LogP contribution in [0.15, 0.2) is 12.7 Å². The predicted octanol–water partition coefficient (Wildman–Crippen LogP) is 6.65. The summed E-state index contributed by atoms with van der Waals surface area (Å²) in [5.74, 6) is 3.18. The minimum atomic E-state index is -0.308. The van der Waals surface area contributed by atoms with E-state index in [4.69, 9.17) is 4.74 Å². The van der Waals surface area contributed by atoms with Gasteiger partial charge in [-0.05, 0) is 31.6 Å². The third kappa shape index (κ3) is 16.5. The molecule has 4 heteroatoms. The van der Waals surface area contributed by atoms with Gasteiger partial charge in [-0.1, -0.05) is 80.5 Å². The number of carbonyl (C=O) groups is 1. The number of carbonyl (C=O) groups excluding carboxylic acids is 1. The maximum atomic E-state index is 10.9. The summed E-state index contributed by atoms with van der Waals surface area (Å²) in [6, 6.07) is 0. The first-order valence-corrected chi connectivity index (χ1v) is 11.8. The average molecular weight is 361 g/mol. The number of ether oxygens (including phenoxy) is 1. The third-order valence-electron chi connectivity index (χ3n) is 3.85. The highest BCUT2D eigenvalue weighted by atomic mass is 33.1. The highest BCUT2D eigenvalue weighted by molar-refractivity contribution is 8.76. The standard InChI is InChI=1S/C19H36O2S2/c1-4-7-13-18(14-8-5-2)17-23-22-16-12-10-9-11-15-21-19(20)6-3/h6,18H,3-5,7-17H2,1-2H3. The van der Waals surface area contributed by atoms with Gasteiger partial charge in [0.2, 0.25) is 0 Å². The van der Waals surface area contributed by atoms with Crippen LogP contribution in [0, 0.1) is 5.92 Å². The Labute approximate surface area is 152 Å². The smallest absolute Gasteiger partial charge is 0.330 e. The second kappa shape index (κ2) is 18.3. The lowest BCUT2D eigenvalue weighted by atomic mass is 9.98. The summed E-state index contributed by atoms with van der Waals surface area (Å²) < 4.78 is 4.96. The molecule has 0 aromatic rings. The Morgan fingerprint density at radius 3 is 2.26 bits per heavy atom. The zero-order valence-electron chi connectivity index (χ0n) is 15.2. The van der Waals surface area contributed by atoms with Crippen LogP contribution in [0.1, 0.15) is 78.1 Å². The molecule has 0 aliphatic heterocycles. The minimum Gasteiger partial charge on any atom is -0.463 e. The molecule has 23 heavy (non-hydrogen) atoms. The highest BCUT2D eigenvalue weighted by Crippen LogP contribution is 2.29. The lowest BCUT2D eigenvalue weighted by Gasteiger charge is -2.15. The van der Waals surface area contributed by atoms with Crippen LogP contribution >= 0.6 is 21.6 Å². The second-order valence-electron chi connectivity index (χ2n) is 6.04. The molecule has 0 atom stereocenters. The summed E-state index contributed by atoms with van der Waals surface area (Å²) in [7, 11) is 4.11. The zero-order valence-corrected chi connectivity index (χ0v) is 16.8. The maximum absolute atomic E-state index is 10.9. The molecule has 0 saturated heterocycles. The molecule has 0 amide bonds. The van der Waals surface area contributed by atoms with Crippen molar-refractivity contribution in [2.75, 3.05) is 18.1 Å². The van der Waals surface area contributed by atoms with Crippen molar-refractivity contribution >= 4 is 27.6 Å². The van der Waals surface area contributed by atoms with Gasteiger partial charge in [-0.3, -0.25) is 0 Å². The molecule has 0 fully saturated rings. The van der Waals surface area contributed by atoms with E-state index in [1.807, 2.05) is 10.8 Å². The summed E-state index contributed by atoms with van der Waals surface area (Å²) in [5.41, 5.74) is 0. The number of esters is 1. The minimum absolute atomic E-state index is 0.308. The number of hydrogen-bond donors (Lipinski definition) is 0. The molecule has 0 aromatic carbocycles. The van der Waals surface area contributed by atoms with Crippen LogP contribution in [0.3, 0.4) is 0 Å². The molecule has 0 saturated carbocycles. The van der Waals surface area contributed by atoms with E-state index in [1.165, 1.54) is 68.9 Å². The lowest BCUT2D eigenvalue weighted by Crippen LogP contribution is -2.03. The number of rotatable bonds is 17. The monoisotopic (exact) mass is 360 g/mol. The van der Waals surface area contributed by atoms with E-state index in [9.17, 15) is 4.79 Å². The van der Waals surface area contributed by atoms with Crippen molar-refractivity contribution < 1.29 is 9.53 Å². The van der Waals surface area contributed by atoms with Gasteiger partial charge in [0.25, 0.3) is 0 Å². The Hall–Kier alpha value is -0.0900. The molecular weight excluding hydrogens is 324 g/mol. The Balaban J connectivity index is 3.40. The molecule has 0 heterocycles. The molecule has 0 aliphatic rings. The zero-order chi connectivity index (χ0) is 17.2. The third-order valence-corrected chi connectivity index (χ3v) is 6.49. The van der Waals surface area contributed by atoms with Gasteiger partial charge < -0.3 is 4.74 Å². The fraction of sp³-hybridized carbons (Fsp3) is 0.842. The van der Waals surface area contributed by atoms with Crippen molar-refractivity contribution in [2.45, 2.75) is 78.1 Å². The molecule has 0 unspecified atom stereocenters. The first kappa shape index (κ1) is 22.9. The Kier molecular flexibility index (Phi) is 18.2. The van der Waals surface area contributed by atoms with Crippen LogP contribution < -0.4 is 0 Å². The molecule has 0 radical (unpaired) electrons. The van der Waals surface area contributed by atoms with E-state index in [2.05, 4.69) is 31.2 Å². The van der Waals surface area contributed by atoms with Crippen LogP contribution in [0.2, 0.25) is 0 Å². The van der Waals surface area contributed by atoms with E-state index >= 15 is 0 Å². The molecule has 0 bridgehead atoms. The second-order valence-corrected chi connectivity index (χ2v) is 8.67. The number of hydrogen-bond acceptors (Lipinski definition) is 4. The van der Waals surface area contributed by atoms with Gasteiger partial charge in [0.1, 0.15) is 0 Å². The van der Waals surface area contributed by atoms with Crippen molar-refractivity contribution in [2.24, 2.45) is 5.92 Å². The number of unbranched alkanes of at least 4 members (excludes halogenated alkanes) is 5. The van der Waals surface area contributed by atoms with E-state index in [-0.39, 0.29) is 5.97 Å². The molecule has 2 nitrogen and oxygen atoms in total. The van der Waals surface area contributed by atoms with Crippen molar-refractivity contribution in [3.63, 3.8) is 0 Å². The Morgan fingerprint density at radius 2 is 1.65 bits per heavy atom. The summed E-state index contributed by atoms with van der Waals surface area (Å²) >= 11 is 0. The van der Waals surface area contributed by atoms with Gasteiger partial charge in [-0.15, -0.1) is 0 Å². The summed E-state index contributed by atoms with van der Waals surface area (Å²) in [4.78, 5) is 10.9. The average Bonchev–Trinajstić information content (AvgIpc) is 2.57. The maximum Gasteiger partial charge on any atom is 0.330 e. The molecular formula is C19H36O2S2. The van der Waals surface area contributed by atoms with Crippen LogP contribution in [0.5, 0.6) is 0 Å². The van der Waals surface area contributed by atoms with Crippen LogP contribution in [-0.4, -0.2) is 24.1 Å². The quantitative estimate of drug-likeness (QED) is 0.125. The SMILES string of the molecule is C=CC(=O)OCCCCCCSSCC(CCCC)CCCC. The van der Waals surface area contributed by atoms with Gasteiger partial charge in [0.05, 0.1) is 6.61 Å². The molecule has 0 aliphatic carbocycles. The Morgan fingerprint density at radius 1 is 1.00 bits per heavy atom. The van der Waals surface area contributed by atoms with Gasteiger partial charge in [-0.2, -0.15) is 0 Å². The van der Waals surface area contributed by atoms with Gasteiger partial charge in [-0.25, -0.2) is 4.79 Å². The largest absolute Gasteiger partial charge is 0.463 e. The van der Waals surface area contributed by atoms with Gasteiger partial charge in [0.15, 0.2) is 0 Å². The first-order valence-electron chi connectivity index (χ1n) is 9.28. The topological polar surface area (TPSA) is 26.3 Å². The van der Waals surface area contributed by atoms with Crippen molar-refractivity contribution in [1.29, 1.82) is 0 Å². The summed E-state index contributed by atoms with van der Waals surface area (Å²) in [6.45, 7) is 8.49. The van der Waals surface area contributed by atoms with Crippen LogP contribution in [0.4, 0.5) is 0 Å². The lowest BCUT2D eigenvalue weighted by molar-refractivity contribution is -0.137. The van der Waals surface area contributed by atoms with Crippen LogP contribution in [0.25, 0.3) is 0 Å². The van der Waals surface area contributed by atoms with E-state index in [0.29, 0.717) is 6.61 Å². The van der Waals surface area contributed by atoms with E-state index < -0.39 is 0 Å². The molecule has 136 valence electrons. The molecule has 0 rings (SSSR count). The van der Waals surface area contributed by atoms with Crippen molar-refractivity contribution in [3.8, 4) is 0 Å². The Bertz CT molecular complexity index is 275. The summed E-state index contributed by atoms with van der Waals surface area (Å²) in [6.07, 6.45) is 14.1. The van der Waals surface area contributed by atoms with E-state index in [0.717, 1.165) is 18.8 Å². The summed E-state index contributed by atoms with van der Waals surface area (Å²) in [5, 5.41) is 0. The fourth-order valence-electron chi connectivity index (χ4n) is 2.35. The molecule has 0 N–H and O–H groups in total. The van der Waals surface area contributed by atoms with Crippen molar-refractivity contribution in [1.82, 2.24) is 0 Å². The highest BCUT2D eigenvalue weighted by Gasteiger charge is 2.08. The first-order chi connectivity index (χ1) is 11.2. The fourth-order valence-corrected chi connectivity index (χ4v) is 4.98. The predicted molar refractivity (Wildman–Crippen MR) is 107 cm³/mol. The van der Waals surface area contributed by atoms with Gasteiger partial charge >= 0.3 is 5.97 Å². The van der Waals surface area contributed by atoms with Crippen molar-refractivity contribution in [3.05, 3.63) is 12.7 Å². The van der Waals surface area contributed by atoms with E-state index in [1.54, 1.807) is 0 Å². The van der Waals surface area contributed by atoms with Crippen LogP contribution in [-0.2, 0) is 9.53 Å². The normalized spacial score (nSPS) is 10.9. The molecule has 0 spiro atoms.